The maximum absolute atomic E-state index is 5.72. The van der Waals surface area contributed by atoms with E-state index in [-0.39, 0.29) is 0 Å². The summed E-state index contributed by atoms with van der Waals surface area (Å²) in [6.45, 7) is 2.30. The van der Waals surface area contributed by atoms with Crippen LogP contribution in [0.25, 0.3) is 0 Å². The summed E-state index contributed by atoms with van der Waals surface area (Å²) in [4.78, 5) is 0. The van der Waals surface area contributed by atoms with E-state index in [1.165, 1.54) is 17.1 Å². The Labute approximate surface area is 111 Å². The standard InChI is InChI=1S/C11H20N4S2/c1-8-11(17-4-3-16-8)10(14-12)5-9-6-13-15(2)7-9/h6-8,10-11,14H,3-5,12H2,1-2H3. The van der Waals surface area contributed by atoms with Crippen LogP contribution in [-0.4, -0.2) is 37.8 Å². The summed E-state index contributed by atoms with van der Waals surface area (Å²) in [5.74, 6) is 8.20. The van der Waals surface area contributed by atoms with Crippen LogP contribution in [-0.2, 0) is 13.5 Å². The normalized spacial score (nSPS) is 27.0. The Balaban J connectivity index is 2.00. The van der Waals surface area contributed by atoms with Gasteiger partial charge in [0.05, 0.1) is 6.20 Å². The highest BCUT2D eigenvalue weighted by molar-refractivity contribution is 8.07. The second kappa shape index (κ2) is 6.13. The minimum atomic E-state index is 0.326. The number of nitrogens with zero attached hydrogens (tertiary/aromatic N) is 2. The van der Waals surface area contributed by atoms with E-state index in [0.29, 0.717) is 16.5 Å². The number of nitrogens with two attached hydrogens (primary N) is 1. The van der Waals surface area contributed by atoms with Gasteiger partial charge in [-0.1, -0.05) is 6.92 Å². The van der Waals surface area contributed by atoms with E-state index in [0.717, 1.165) is 6.42 Å². The molecule has 1 aliphatic heterocycles. The van der Waals surface area contributed by atoms with Crippen molar-refractivity contribution in [1.29, 1.82) is 0 Å². The average molecular weight is 272 g/mol. The lowest BCUT2D eigenvalue weighted by atomic mass is 10.0. The van der Waals surface area contributed by atoms with Crippen molar-refractivity contribution >= 4 is 23.5 Å². The molecule has 17 heavy (non-hydrogen) atoms. The smallest absolute Gasteiger partial charge is 0.0522 e. The number of aromatic nitrogens is 2. The van der Waals surface area contributed by atoms with Gasteiger partial charge in [-0.2, -0.15) is 28.6 Å². The highest BCUT2D eigenvalue weighted by atomic mass is 32.2. The highest BCUT2D eigenvalue weighted by Crippen LogP contribution is 2.33. The quantitative estimate of drug-likeness (QED) is 0.633. The molecule has 0 aromatic carbocycles. The zero-order valence-electron chi connectivity index (χ0n) is 10.3. The first-order valence-corrected chi connectivity index (χ1v) is 7.97. The lowest BCUT2D eigenvalue weighted by Crippen LogP contribution is -2.48. The molecule has 3 unspecified atom stereocenters. The van der Waals surface area contributed by atoms with E-state index < -0.39 is 0 Å². The first-order valence-electron chi connectivity index (χ1n) is 5.87. The van der Waals surface area contributed by atoms with E-state index in [4.69, 9.17) is 5.84 Å². The fourth-order valence-corrected chi connectivity index (χ4v) is 5.14. The highest BCUT2D eigenvalue weighted by Gasteiger charge is 2.29. The molecule has 0 bridgehead atoms. The Morgan fingerprint density at radius 1 is 1.59 bits per heavy atom. The van der Waals surface area contributed by atoms with E-state index in [1.54, 1.807) is 0 Å². The summed E-state index contributed by atoms with van der Waals surface area (Å²) in [6.07, 6.45) is 4.94. The van der Waals surface area contributed by atoms with Crippen LogP contribution in [0.3, 0.4) is 0 Å². The molecule has 0 saturated carbocycles. The topological polar surface area (TPSA) is 55.9 Å². The number of hydrogen-bond donors (Lipinski definition) is 2. The molecule has 0 amide bonds. The Bertz CT molecular complexity index is 355. The van der Waals surface area contributed by atoms with Crippen LogP contribution in [0.5, 0.6) is 0 Å². The lowest BCUT2D eigenvalue weighted by molar-refractivity contribution is 0.501. The van der Waals surface area contributed by atoms with Crippen molar-refractivity contribution in [1.82, 2.24) is 15.2 Å². The van der Waals surface area contributed by atoms with E-state index >= 15 is 0 Å². The fraction of sp³-hybridized carbons (Fsp3) is 0.727. The first kappa shape index (κ1) is 13.3. The molecule has 3 atom stereocenters. The van der Waals surface area contributed by atoms with Crippen LogP contribution in [0.2, 0.25) is 0 Å². The SMILES string of the molecule is CC1SCCSC1C(Cc1cnn(C)c1)NN. The third-order valence-corrected chi connectivity index (χ3v) is 6.31. The van der Waals surface area contributed by atoms with Gasteiger partial charge in [0, 0.05) is 41.3 Å². The lowest BCUT2D eigenvalue weighted by Gasteiger charge is -2.33. The number of rotatable bonds is 4. The molecule has 1 saturated heterocycles. The second-order valence-electron chi connectivity index (χ2n) is 4.41. The fourth-order valence-electron chi connectivity index (χ4n) is 2.19. The molecule has 0 radical (unpaired) electrons. The Hall–Kier alpha value is -0.170. The van der Waals surface area contributed by atoms with Gasteiger partial charge in [0.2, 0.25) is 0 Å². The molecule has 2 heterocycles. The molecule has 1 aliphatic rings. The van der Waals surface area contributed by atoms with Crippen molar-refractivity contribution < 1.29 is 0 Å². The summed E-state index contributed by atoms with van der Waals surface area (Å²) in [7, 11) is 1.95. The molecule has 1 aromatic rings. The molecule has 4 nitrogen and oxygen atoms in total. The van der Waals surface area contributed by atoms with Crippen molar-refractivity contribution in [3.05, 3.63) is 18.0 Å². The Kier molecular flexibility index (Phi) is 4.78. The van der Waals surface area contributed by atoms with E-state index in [1.807, 2.05) is 41.5 Å². The summed E-state index contributed by atoms with van der Waals surface area (Å²) in [6, 6.07) is 0.326. The van der Waals surface area contributed by atoms with Gasteiger partial charge in [-0.3, -0.25) is 16.0 Å². The summed E-state index contributed by atoms with van der Waals surface area (Å²) < 4.78 is 1.84. The number of nitrogens with one attached hydrogen (secondary N) is 1. The van der Waals surface area contributed by atoms with Gasteiger partial charge in [-0.05, 0) is 12.0 Å². The van der Waals surface area contributed by atoms with Gasteiger partial charge in [0.15, 0.2) is 0 Å². The number of aryl methyl sites for hydroxylation is 1. The zero-order valence-corrected chi connectivity index (χ0v) is 11.9. The molecule has 6 heteroatoms. The minimum Gasteiger partial charge on any atom is -0.276 e. The molecule has 0 aliphatic carbocycles. The third kappa shape index (κ3) is 3.40. The predicted molar refractivity (Wildman–Crippen MR) is 76.2 cm³/mol. The van der Waals surface area contributed by atoms with Gasteiger partial charge >= 0.3 is 0 Å². The van der Waals surface area contributed by atoms with Crippen LogP contribution in [0.4, 0.5) is 0 Å². The number of thioether (sulfide) groups is 2. The van der Waals surface area contributed by atoms with Crippen molar-refractivity contribution in [3.8, 4) is 0 Å². The molecule has 3 N–H and O–H groups in total. The molecular formula is C11H20N4S2. The van der Waals surface area contributed by atoms with Crippen molar-refractivity contribution in [2.24, 2.45) is 12.9 Å². The van der Waals surface area contributed by atoms with Crippen molar-refractivity contribution in [2.45, 2.75) is 29.9 Å². The average Bonchev–Trinajstić information content (AvgIpc) is 2.73. The Morgan fingerprint density at radius 2 is 2.35 bits per heavy atom. The van der Waals surface area contributed by atoms with E-state index in [9.17, 15) is 0 Å². The number of hydrogen-bond acceptors (Lipinski definition) is 5. The van der Waals surface area contributed by atoms with Crippen molar-refractivity contribution in [3.63, 3.8) is 0 Å². The maximum atomic E-state index is 5.72. The minimum absolute atomic E-state index is 0.326. The van der Waals surface area contributed by atoms with Gasteiger partial charge < -0.3 is 0 Å². The van der Waals surface area contributed by atoms with Crippen LogP contribution in [0.1, 0.15) is 12.5 Å². The summed E-state index contributed by atoms with van der Waals surface area (Å²) in [5.41, 5.74) is 4.24. The molecule has 0 spiro atoms. The van der Waals surface area contributed by atoms with Gasteiger partial charge in [-0.15, -0.1) is 0 Å². The maximum Gasteiger partial charge on any atom is 0.0522 e. The van der Waals surface area contributed by atoms with Crippen LogP contribution in [0, 0.1) is 0 Å². The molecule has 1 fully saturated rings. The Morgan fingerprint density at radius 3 is 2.94 bits per heavy atom. The summed E-state index contributed by atoms with van der Waals surface area (Å²) >= 11 is 4.09. The zero-order chi connectivity index (χ0) is 12.3. The molecule has 1 aromatic heterocycles. The second-order valence-corrected chi connectivity index (χ2v) is 7.18. The van der Waals surface area contributed by atoms with Crippen molar-refractivity contribution in [2.75, 3.05) is 11.5 Å². The van der Waals surface area contributed by atoms with E-state index in [2.05, 4.69) is 23.6 Å². The number of hydrazine groups is 1. The molecule has 96 valence electrons. The first-order chi connectivity index (χ1) is 8.20. The van der Waals surface area contributed by atoms with Crippen LogP contribution < -0.4 is 11.3 Å². The molecular weight excluding hydrogens is 252 g/mol. The predicted octanol–water partition coefficient (Wildman–Crippen LogP) is 1.03. The largest absolute Gasteiger partial charge is 0.276 e. The third-order valence-electron chi connectivity index (χ3n) is 3.06. The van der Waals surface area contributed by atoms with Gasteiger partial charge in [-0.25, -0.2) is 0 Å². The monoisotopic (exact) mass is 272 g/mol. The van der Waals surface area contributed by atoms with Crippen LogP contribution >= 0.6 is 23.5 Å². The van der Waals surface area contributed by atoms with Crippen LogP contribution in [0.15, 0.2) is 12.4 Å². The molecule has 2 rings (SSSR count). The van der Waals surface area contributed by atoms with Gasteiger partial charge in [0.1, 0.15) is 0 Å². The summed E-state index contributed by atoms with van der Waals surface area (Å²) in [5, 5.41) is 5.45. The van der Waals surface area contributed by atoms with Gasteiger partial charge in [0.25, 0.3) is 0 Å².